The highest BCUT2D eigenvalue weighted by molar-refractivity contribution is 9.41. The van der Waals surface area contributed by atoms with Gasteiger partial charge in [-0.15, -0.1) is 11.3 Å². The molecule has 0 radical (unpaired) electrons. The van der Waals surface area contributed by atoms with E-state index in [1.165, 1.54) is 15.2 Å². The summed E-state index contributed by atoms with van der Waals surface area (Å²) in [5.74, 6) is 0. The maximum Gasteiger partial charge on any atom is 0.500 e. The third kappa shape index (κ3) is 7.27. The molecule has 30 heavy (non-hydrogen) atoms. The van der Waals surface area contributed by atoms with Crippen molar-refractivity contribution in [3.63, 3.8) is 0 Å². The van der Waals surface area contributed by atoms with Crippen LogP contribution in [0.15, 0.2) is 57.8 Å². The Bertz CT molecular complexity index is 884. The zero-order valence-electron chi connectivity index (χ0n) is 16.6. The first kappa shape index (κ1) is 25.2. The molecule has 0 N–H and O–H groups in total. The first-order valence-corrected chi connectivity index (χ1v) is 19.0. The molecule has 3 aromatic rings. The molecule has 0 aliphatic carbocycles. The minimum absolute atomic E-state index is 0.759. The number of para-hydroxylation sites is 1. The van der Waals surface area contributed by atoms with Crippen LogP contribution in [0.25, 0.3) is 10.2 Å². The summed E-state index contributed by atoms with van der Waals surface area (Å²) < 4.78 is 19.0. The van der Waals surface area contributed by atoms with Crippen LogP contribution in [0.4, 0.5) is 0 Å². The molecule has 162 valence electrons. The average Bonchev–Trinajstić information content (AvgIpc) is 3.21. The van der Waals surface area contributed by atoms with Crippen LogP contribution >= 0.6 is 72.2 Å². The van der Waals surface area contributed by atoms with E-state index in [0.717, 1.165) is 22.3 Å². The lowest BCUT2D eigenvalue weighted by Crippen LogP contribution is -2.43. The Morgan fingerprint density at radius 3 is 2.23 bits per heavy atom. The van der Waals surface area contributed by atoms with Crippen LogP contribution in [0.1, 0.15) is 5.56 Å². The van der Waals surface area contributed by atoms with Crippen LogP contribution in [0.2, 0.25) is 6.04 Å². The van der Waals surface area contributed by atoms with Crippen LogP contribution in [0.5, 0.6) is 0 Å². The molecule has 0 aliphatic heterocycles. The Labute approximate surface area is 205 Å². The molecule has 0 atom stereocenters. The normalized spacial score (nSPS) is 12.0. The Balaban J connectivity index is 1.41. The van der Waals surface area contributed by atoms with Gasteiger partial charge in [-0.1, -0.05) is 30.3 Å². The monoisotopic (exact) mass is 551 g/mol. The van der Waals surface area contributed by atoms with Crippen LogP contribution < -0.4 is 0 Å². The van der Waals surface area contributed by atoms with Crippen molar-refractivity contribution in [3.05, 3.63) is 54.1 Å². The summed E-state index contributed by atoms with van der Waals surface area (Å²) in [6, 6.07) is 17.5. The molecule has 3 rings (SSSR count). The summed E-state index contributed by atoms with van der Waals surface area (Å²) in [7, 11) is 13.0. The second-order valence-electron chi connectivity index (χ2n) is 5.79. The number of rotatable bonds is 13. The van der Waals surface area contributed by atoms with Crippen LogP contribution in [-0.2, 0) is 19.7 Å². The van der Waals surface area contributed by atoms with Gasteiger partial charge in [0.25, 0.3) is 0 Å². The standard InChI is InChI=1S/C18H21NO3S7Si/c1-20-30(21-2,22-3)13-12-14-8-4-6-10-16(14)24-26-28-29-27-25-18-19-15-9-5-7-11-17(15)23-18/h4-11H,12-13H2,1-3H3. The molecule has 0 aliphatic rings. The summed E-state index contributed by atoms with van der Waals surface area (Å²) in [5, 5.41) is 0. The predicted octanol–water partition coefficient (Wildman–Crippen LogP) is 8.11. The van der Waals surface area contributed by atoms with Crippen molar-refractivity contribution in [1.82, 2.24) is 4.98 Å². The molecular weight excluding hydrogens is 531 g/mol. The fourth-order valence-corrected chi connectivity index (χ4v) is 17.1. The largest absolute Gasteiger partial charge is 0.500 e. The van der Waals surface area contributed by atoms with E-state index in [4.69, 9.17) is 13.3 Å². The number of hydrogen-bond acceptors (Lipinski definition) is 11. The number of hydrogen-bond donors (Lipinski definition) is 0. The highest BCUT2D eigenvalue weighted by Gasteiger charge is 2.37. The highest BCUT2D eigenvalue weighted by atomic mass is 33.9. The fourth-order valence-electron chi connectivity index (χ4n) is 2.64. The van der Waals surface area contributed by atoms with Crippen LogP contribution in [0.3, 0.4) is 0 Å². The van der Waals surface area contributed by atoms with Gasteiger partial charge in [-0.05, 0) is 91.1 Å². The molecule has 4 nitrogen and oxygen atoms in total. The highest BCUT2D eigenvalue weighted by Crippen LogP contribution is 2.56. The molecule has 0 saturated heterocycles. The third-order valence-electron chi connectivity index (χ3n) is 4.19. The van der Waals surface area contributed by atoms with Crippen molar-refractivity contribution in [2.75, 3.05) is 21.3 Å². The smallest absolute Gasteiger partial charge is 0.377 e. The Kier molecular flexibility index (Phi) is 11.1. The lowest BCUT2D eigenvalue weighted by molar-refractivity contribution is 0.123. The van der Waals surface area contributed by atoms with Crippen molar-refractivity contribution in [3.8, 4) is 0 Å². The molecule has 12 heteroatoms. The van der Waals surface area contributed by atoms with Gasteiger partial charge in [-0.3, -0.25) is 0 Å². The molecule has 0 saturated carbocycles. The second-order valence-corrected chi connectivity index (χ2v) is 19.4. The zero-order valence-corrected chi connectivity index (χ0v) is 23.3. The van der Waals surface area contributed by atoms with E-state index < -0.39 is 8.80 Å². The summed E-state index contributed by atoms with van der Waals surface area (Å²) >= 11 is 1.74. The Hall–Kier alpha value is 0.527. The Morgan fingerprint density at radius 2 is 1.50 bits per heavy atom. The van der Waals surface area contributed by atoms with E-state index in [2.05, 4.69) is 47.4 Å². The number of aryl methyl sites for hydroxylation is 1. The van der Waals surface area contributed by atoms with Gasteiger partial charge in [0.1, 0.15) is 0 Å². The lowest BCUT2D eigenvalue weighted by Gasteiger charge is -2.24. The van der Waals surface area contributed by atoms with Gasteiger partial charge in [0, 0.05) is 32.3 Å². The van der Waals surface area contributed by atoms with E-state index in [0.29, 0.717) is 0 Å². The van der Waals surface area contributed by atoms with E-state index in [1.807, 2.05) is 6.07 Å². The quantitative estimate of drug-likeness (QED) is 0.118. The van der Waals surface area contributed by atoms with E-state index in [-0.39, 0.29) is 0 Å². The maximum absolute atomic E-state index is 5.54. The van der Waals surface area contributed by atoms with Crippen LogP contribution in [0, 0.1) is 0 Å². The first-order chi connectivity index (χ1) is 14.7. The molecule has 2 aromatic carbocycles. The van der Waals surface area contributed by atoms with Crippen molar-refractivity contribution in [2.24, 2.45) is 0 Å². The molecule has 1 aromatic heterocycles. The van der Waals surface area contributed by atoms with Gasteiger partial charge in [-0.2, -0.15) is 0 Å². The SMILES string of the molecule is CO[Si](CCc1ccccc1SSSSSSc1nc2ccccc2s1)(OC)OC. The molecule has 0 unspecified atom stereocenters. The van der Waals surface area contributed by atoms with Gasteiger partial charge < -0.3 is 13.3 Å². The number of fused-ring (bicyclic) bond motifs is 1. The molecule has 0 bridgehead atoms. The summed E-state index contributed by atoms with van der Waals surface area (Å²) in [4.78, 5) is 5.92. The lowest BCUT2D eigenvalue weighted by atomic mass is 10.2. The van der Waals surface area contributed by atoms with E-state index in [1.54, 1.807) is 93.6 Å². The number of aromatic nitrogens is 1. The minimum Gasteiger partial charge on any atom is -0.377 e. The molecule has 0 amide bonds. The minimum atomic E-state index is -2.55. The molecule has 1 heterocycles. The summed E-state index contributed by atoms with van der Waals surface area (Å²) in [6.07, 6.45) is 0.867. The fraction of sp³-hybridized carbons (Fsp3) is 0.278. The number of benzene rings is 2. The van der Waals surface area contributed by atoms with Crippen LogP contribution in [-0.4, -0.2) is 35.1 Å². The Morgan fingerprint density at radius 1 is 0.833 bits per heavy atom. The van der Waals surface area contributed by atoms with Gasteiger partial charge >= 0.3 is 8.80 Å². The summed E-state index contributed by atoms with van der Waals surface area (Å²) in [5.41, 5.74) is 2.37. The van der Waals surface area contributed by atoms with Crippen molar-refractivity contribution in [1.29, 1.82) is 0 Å². The molecule has 0 spiro atoms. The van der Waals surface area contributed by atoms with E-state index >= 15 is 0 Å². The summed E-state index contributed by atoms with van der Waals surface area (Å²) in [6.45, 7) is 0. The van der Waals surface area contributed by atoms with Gasteiger partial charge in [0.15, 0.2) is 4.34 Å². The number of thiazole rings is 1. The average molecular weight is 552 g/mol. The first-order valence-electron chi connectivity index (χ1n) is 8.80. The zero-order chi connectivity index (χ0) is 21.2. The van der Waals surface area contributed by atoms with Crippen molar-refractivity contribution < 1.29 is 13.3 Å². The number of nitrogens with zero attached hydrogens (tertiary/aromatic N) is 1. The second kappa shape index (κ2) is 13.3. The van der Waals surface area contributed by atoms with Crippen molar-refractivity contribution >= 4 is 91.2 Å². The topological polar surface area (TPSA) is 40.6 Å². The predicted molar refractivity (Wildman–Crippen MR) is 143 cm³/mol. The third-order valence-corrected chi connectivity index (χ3v) is 18.8. The molecule has 0 fully saturated rings. The van der Waals surface area contributed by atoms with Gasteiger partial charge in [0.05, 0.1) is 10.2 Å². The maximum atomic E-state index is 5.54. The van der Waals surface area contributed by atoms with E-state index in [9.17, 15) is 0 Å². The van der Waals surface area contributed by atoms with Crippen molar-refractivity contribution in [2.45, 2.75) is 21.7 Å². The van der Waals surface area contributed by atoms with Gasteiger partial charge in [0.2, 0.25) is 0 Å². The van der Waals surface area contributed by atoms with Gasteiger partial charge in [-0.25, -0.2) is 4.98 Å². The molecular formula is C18H21NO3S7Si.